The maximum absolute atomic E-state index is 13.1. The van der Waals surface area contributed by atoms with Crippen molar-refractivity contribution in [2.45, 2.75) is 39.7 Å². The van der Waals surface area contributed by atoms with Crippen molar-refractivity contribution in [2.75, 3.05) is 25.0 Å². The Morgan fingerprint density at radius 3 is 2.74 bits per heavy atom. The van der Waals surface area contributed by atoms with Crippen LogP contribution in [0.3, 0.4) is 0 Å². The number of aromatic amines is 1. The number of carbonyl (C=O) groups is 2. The number of ether oxygens (including phenoxy) is 1. The highest BCUT2D eigenvalue weighted by Crippen LogP contribution is 2.30. The van der Waals surface area contributed by atoms with Gasteiger partial charge in [-0.25, -0.2) is 0 Å². The van der Waals surface area contributed by atoms with Crippen molar-refractivity contribution in [1.82, 2.24) is 9.88 Å². The third kappa shape index (κ3) is 4.83. The largest absolute Gasteiger partial charge is 0.466 e. The van der Waals surface area contributed by atoms with Gasteiger partial charge in [0.25, 0.3) is 5.56 Å². The van der Waals surface area contributed by atoms with Crippen molar-refractivity contribution in [3.05, 3.63) is 64.6 Å². The number of carbonyl (C=O) groups excluding carboxylic acids is 2. The van der Waals surface area contributed by atoms with Crippen LogP contribution in [0.15, 0.2) is 53.5 Å². The molecular weight excluding hydrogens is 430 g/mol. The molecule has 1 aliphatic rings. The number of fused-ring (bicyclic) bond motifs is 1. The summed E-state index contributed by atoms with van der Waals surface area (Å²) >= 11 is 0. The number of piperidine rings is 1. The van der Waals surface area contributed by atoms with E-state index in [1.165, 1.54) is 0 Å². The summed E-state index contributed by atoms with van der Waals surface area (Å²) in [5.41, 5.74) is 3.67. The van der Waals surface area contributed by atoms with Crippen molar-refractivity contribution in [3.8, 4) is 11.1 Å². The molecule has 0 aliphatic carbocycles. The summed E-state index contributed by atoms with van der Waals surface area (Å²) in [6.45, 7) is 6.97. The number of H-pyrrole nitrogens is 1. The number of aromatic nitrogens is 1. The molecule has 7 nitrogen and oxygen atoms in total. The summed E-state index contributed by atoms with van der Waals surface area (Å²) < 4.78 is 5.14. The van der Waals surface area contributed by atoms with Crippen LogP contribution in [0.25, 0.3) is 21.9 Å². The average molecular weight is 462 g/mol. The second kappa shape index (κ2) is 10.1. The van der Waals surface area contributed by atoms with Gasteiger partial charge in [-0.1, -0.05) is 30.3 Å². The van der Waals surface area contributed by atoms with Crippen molar-refractivity contribution >= 4 is 28.3 Å². The SMILES string of the molecule is CCOC(=O)[C@H]1CCCN(C(=O)C(C)Nc2ccc3c(-c4ccccc4C)c[nH]c(=O)c3c2)C1. The highest BCUT2D eigenvalue weighted by atomic mass is 16.5. The number of aryl methyl sites for hydroxylation is 1. The smallest absolute Gasteiger partial charge is 0.310 e. The second-order valence-electron chi connectivity index (χ2n) is 8.85. The Bertz CT molecular complexity index is 1270. The van der Waals surface area contributed by atoms with Gasteiger partial charge in [0.1, 0.15) is 6.04 Å². The molecule has 1 amide bonds. The third-order valence-electron chi connectivity index (χ3n) is 6.44. The molecule has 7 heteroatoms. The number of rotatable bonds is 6. The molecule has 178 valence electrons. The number of pyridine rings is 1. The quantitative estimate of drug-likeness (QED) is 0.539. The predicted molar refractivity (Wildman–Crippen MR) is 134 cm³/mol. The van der Waals surface area contributed by atoms with Crippen LogP contribution in [-0.2, 0) is 14.3 Å². The molecule has 1 saturated heterocycles. The summed E-state index contributed by atoms with van der Waals surface area (Å²) in [5.74, 6) is -0.584. The summed E-state index contributed by atoms with van der Waals surface area (Å²) in [6, 6.07) is 13.2. The molecule has 2 aromatic carbocycles. The van der Waals surface area contributed by atoms with Gasteiger partial charge in [0.05, 0.1) is 12.5 Å². The number of benzene rings is 2. The minimum absolute atomic E-state index is 0.0725. The van der Waals surface area contributed by atoms with Crippen LogP contribution in [0.2, 0.25) is 0 Å². The fraction of sp³-hybridized carbons (Fsp3) is 0.370. The van der Waals surface area contributed by atoms with Gasteiger partial charge in [-0.05, 0) is 62.3 Å². The summed E-state index contributed by atoms with van der Waals surface area (Å²) in [7, 11) is 0. The molecule has 0 radical (unpaired) electrons. The number of nitrogens with zero attached hydrogens (tertiary/aromatic N) is 1. The van der Waals surface area contributed by atoms with Gasteiger partial charge in [-0.2, -0.15) is 0 Å². The van der Waals surface area contributed by atoms with Gasteiger partial charge in [0.15, 0.2) is 0 Å². The Morgan fingerprint density at radius 2 is 1.97 bits per heavy atom. The fourth-order valence-electron chi connectivity index (χ4n) is 4.66. The molecule has 2 atom stereocenters. The standard InChI is InChI=1S/C27H31N3O4/c1-4-34-27(33)19-9-7-13-30(16-19)26(32)18(3)29-20-11-12-22-23(14-20)25(31)28-15-24(22)21-10-6-5-8-17(21)2/h5-6,8,10-12,14-15,18-19,29H,4,7,9,13,16H2,1-3H3,(H,28,31)/t18?,19-/m0/s1. The van der Waals surface area contributed by atoms with Crippen molar-refractivity contribution in [3.63, 3.8) is 0 Å². The normalized spacial score (nSPS) is 16.8. The zero-order valence-electron chi connectivity index (χ0n) is 19.9. The molecule has 1 aromatic heterocycles. The lowest BCUT2D eigenvalue weighted by molar-refractivity contribution is -0.151. The lowest BCUT2D eigenvalue weighted by Crippen LogP contribution is -2.48. The van der Waals surface area contributed by atoms with E-state index in [1.54, 1.807) is 31.0 Å². The van der Waals surface area contributed by atoms with E-state index in [1.807, 2.05) is 43.3 Å². The van der Waals surface area contributed by atoms with E-state index in [2.05, 4.69) is 10.3 Å². The third-order valence-corrected chi connectivity index (χ3v) is 6.44. The fourth-order valence-corrected chi connectivity index (χ4v) is 4.66. The van der Waals surface area contributed by atoms with Crippen molar-refractivity contribution < 1.29 is 14.3 Å². The number of likely N-dealkylation sites (tertiary alicyclic amines) is 1. The van der Waals surface area contributed by atoms with E-state index >= 15 is 0 Å². The lowest BCUT2D eigenvalue weighted by atomic mass is 9.97. The van der Waals surface area contributed by atoms with Crippen LogP contribution < -0.4 is 10.9 Å². The summed E-state index contributed by atoms with van der Waals surface area (Å²) in [6.07, 6.45) is 3.26. The molecule has 0 bridgehead atoms. The number of esters is 1. The molecule has 3 aromatic rings. The van der Waals surface area contributed by atoms with E-state index < -0.39 is 6.04 Å². The van der Waals surface area contributed by atoms with Gasteiger partial charge in [0, 0.05) is 35.9 Å². The van der Waals surface area contributed by atoms with Crippen LogP contribution in [0.4, 0.5) is 5.69 Å². The van der Waals surface area contributed by atoms with Gasteiger partial charge < -0.3 is 19.9 Å². The molecule has 2 N–H and O–H groups in total. The summed E-state index contributed by atoms with van der Waals surface area (Å²) in [5, 5.41) is 4.66. The van der Waals surface area contributed by atoms with Crippen molar-refractivity contribution in [2.24, 2.45) is 5.92 Å². The highest BCUT2D eigenvalue weighted by molar-refractivity contribution is 5.98. The molecule has 2 heterocycles. The second-order valence-corrected chi connectivity index (χ2v) is 8.85. The van der Waals surface area contributed by atoms with Gasteiger partial charge >= 0.3 is 5.97 Å². The van der Waals surface area contributed by atoms with Crippen LogP contribution >= 0.6 is 0 Å². The predicted octanol–water partition coefficient (Wildman–Crippen LogP) is 4.11. The van der Waals surface area contributed by atoms with Gasteiger partial charge in [-0.15, -0.1) is 0 Å². The minimum atomic E-state index is -0.503. The number of amides is 1. The van der Waals surface area contributed by atoms with E-state index in [0.29, 0.717) is 30.8 Å². The molecule has 1 fully saturated rings. The Hall–Kier alpha value is -3.61. The number of hydrogen-bond donors (Lipinski definition) is 2. The Labute approximate surface area is 199 Å². The first-order valence-electron chi connectivity index (χ1n) is 11.8. The highest BCUT2D eigenvalue weighted by Gasteiger charge is 2.31. The molecule has 1 unspecified atom stereocenters. The van der Waals surface area contributed by atoms with E-state index in [9.17, 15) is 14.4 Å². The number of anilines is 1. The molecule has 0 saturated carbocycles. The zero-order valence-corrected chi connectivity index (χ0v) is 19.9. The van der Waals surface area contributed by atoms with Gasteiger partial charge in [-0.3, -0.25) is 14.4 Å². The molecule has 34 heavy (non-hydrogen) atoms. The monoisotopic (exact) mass is 461 g/mol. The molecule has 1 aliphatic heterocycles. The van der Waals surface area contributed by atoms with Crippen molar-refractivity contribution in [1.29, 1.82) is 0 Å². The van der Waals surface area contributed by atoms with Crippen LogP contribution in [0.5, 0.6) is 0 Å². The van der Waals surface area contributed by atoms with Crippen LogP contribution in [-0.4, -0.2) is 47.5 Å². The van der Waals surface area contributed by atoms with Gasteiger partial charge in [0.2, 0.25) is 5.91 Å². The maximum Gasteiger partial charge on any atom is 0.310 e. The summed E-state index contributed by atoms with van der Waals surface area (Å²) in [4.78, 5) is 42.4. The first-order chi connectivity index (χ1) is 16.4. The van der Waals surface area contributed by atoms with Crippen LogP contribution in [0, 0.1) is 12.8 Å². The maximum atomic E-state index is 13.1. The number of hydrogen-bond acceptors (Lipinski definition) is 5. The average Bonchev–Trinajstić information content (AvgIpc) is 2.85. The number of nitrogens with one attached hydrogen (secondary N) is 2. The van der Waals surface area contributed by atoms with Crippen LogP contribution in [0.1, 0.15) is 32.3 Å². The molecule has 0 spiro atoms. The van der Waals surface area contributed by atoms with E-state index in [-0.39, 0.29) is 23.4 Å². The lowest BCUT2D eigenvalue weighted by Gasteiger charge is -2.33. The Morgan fingerprint density at radius 1 is 1.18 bits per heavy atom. The topological polar surface area (TPSA) is 91.5 Å². The Kier molecular flexibility index (Phi) is 7.01. The van der Waals surface area contributed by atoms with E-state index in [0.717, 1.165) is 34.9 Å². The first kappa shape index (κ1) is 23.5. The first-order valence-corrected chi connectivity index (χ1v) is 11.8. The van der Waals surface area contributed by atoms with E-state index in [4.69, 9.17) is 4.74 Å². The molecular formula is C27H31N3O4. The zero-order chi connectivity index (χ0) is 24.2. The minimum Gasteiger partial charge on any atom is -0.466 e. The Balaban J connectivity index is 1.54. The molecule has 4 rings (SSSR count).